The van der Waals surface area contributed by atoms with Crippen LogP contribution in [0.1, 0.15) is 53.4 Å². The molecule has 1 atom stereocenters. The van der Waals surface area contributed by atoms with Gasteiger partial charge in [0.15, 0.2) is 5.96 Å². The molecule has 1 fully saturated rings. The van der Waals surface area contributed by atoms with Gasteiger partial charge in [0.2, 0.25) is 0 Å². The average Bonchev–Trinajstić information content (AvgIpc) is 2.27. The molecular weight excluding hydrogens is 349 g/mol. The number of halogens is 1. The van der Waals surface area contributed by atoms with Gasteiger partial charge in [-0.05, 0) is 37.0 Å². The van der Waals surface area contributed by atoms with Gasteiger partial charge >= 0.3 is 0 Å². The number of nitrogens with zero attached hydrogens (tertiary/aromatic N) is 2. The third-order valence-corrected chi connectivity index (χ3v) is 3.56. The predicted molar refractivity (Wildman–Crippen MR) is 95.4 cm³/mol. The maximum Gasteiger partial charge on any atom is 0.193 e. The van der Waals surface area contributed by atoms with Crippen LogP contribution in [-0.2, 0) is 0 Å². The van der Waals surface area contributed by atoms with Crippen molar-refractivity contribution in [2.24, 2.45) is 16.3 Å². The molecule has 0 aliphatic carbocycles. The summed E-state index contributed by atoms with van der Waals surface area (Å²) in [6.45, 7) is 12.6. The highest BCUT2D eigenvalue weighted by Crippen LogP contribution is 2.20. The summed E-state index contributed by atoms with van der Waals surface area (Å²) in [5, 5.41) is 3.51. The molecule has 1 aliphatic rings. The number of hydrogen-bond acceptors (Lipinski definition) is 1. The summed E-state index contributed by atoms with van der Waals surface area (Å²) in [5.41, 5.74) is 0.435. The Morgan fingerprint density at radius 1 is 1.37 bits per heavy atom. The molecule has 1 saturated heterocycles. The molecule has 1 unspecified atom stereocenters. The molecule has 0 aromatic heterocycles. The number of likely N-dealkylation sites (tertiary alicyclic amines) is 1. The standard InChI is InChI=1S/C15H31N3.HI/c1-13-8-6-11-18(12-13)14(16-5)17-10-7-9-15(2,3)4;/h13H,6-12H2,1-5H3,(H,16,17);1H. The molecule has 0 radical (unpaired) electrons. The van der Waals surface area contributed by atoms with Gasteiger partial charge in [0.05, 0.1) is 0 Å². The Morgan fingerprint density at radius 3 is 2.58 bits per heavy atom. The van der Waals surface area contributed by atoms with E-state index in [1.165, 1.54) is 25.7 Å². The molecule has 114 valence electrons. The van der Waals surface area contributed by atoms with Crippen LogP contribution in [0.15, 0.2) is 4.99 Å². The van der Waals surface area contributed by atoms with Crippen LogP contribution in [0.2, 0.25) is 0 Å². The first kappa shape index (κ1) is 19.0. The first-order chi connectivity index (χ1) is 8.42. The van der Waals surface area contributed by atoms with Gasteiger partial charge in [-0.25, -0.2) is 0 Å². The van der Waals surface area contributed by atoms with E-state index in [2.05, 4.69) is 42.9 Å². The van der Waals surface area contributed by atoms with Gasteiger partial charge in [0, 0.05) is 26.7 Å². The number of guanidine groups is 1. The second kappa shape index (κ2) is 9.03. The van der Waals surface area contributed by atoms with E-state index >= 15 is 0 Å². The van der Waals surface area contributed by atoms with Crippen LogP contribution in [0.3, 0.4) is 0 Å². The minimum atomic E-state index is 0. The van der Waals surface area contributed by atoms with Gasteiger partial charge in [-0.2, -0.15) is 0 Å². The van der Waals surface area contributed by atoms with Crippen molar-refractivity contribution >= 4 is 29.9 Å². The number of hydrogen-bond donors (Lipinski definition) is 1. The van der Waals surface area contributed by atoms with E-state index in [0.29, 0.717) is 5.41 Å². The highest BCUT2D eigenvalue weighted by atomic mass is 127. The fourth-order valence-electron chi connectivity index (χ4n) is 2.53. The molecule has 1 heterocycles. The van der Waals surface area contributed by atoms with Crippen molar-refractivity contribution in [1.82, 2.24) is 10.2 Å². The van der Waals surface area contributed by atoms with E-state index in [0.717, 1.165) is 31.5 Å². The lowest BCUT2D eigenvalue weighted by molar-refractivity contribution is 0.265. The highest BCUT2D eigenvalue weighted by Gasteiger charge is 2.19. The molecule has 0 bridgehead atoms. The SMILES string of the molecule is CN=C(NCCCC(C)(C)C)N1CCCC(C)C1.I. The van der Waals surface area contributed by atoms with Gasteiger partial charge in [0.25, 0.3) is 0 Å². The lowest BCUT2D eigenvalue weighted by Crippen LogP contribution is -2.46. The maximum absolute atomic E-state index is 4.41. The van der Waals surface area contributed by atoms with Crippen molar-refractivity contribution in [3.63, 3.8) is 0 Å². The first-order valence-electron chi connectivity index (χ1n) is 7.38. The second-order valence-corrected chi connectivity index (χ2v) is 6.83. The number of nitrogens with one attached hydrogen (secondary N) is 1. The normalized spacial score (nSPS) is 21.0. The molecule has 0 aromatic rings. The van der Waals surface area contributed by atoms with Crippen LogP contribution in [0.4, 0.5) is 0 Å². The summed E-state index contributed by atoms with van der Waals surface area (Å²) in [5.74, 6) is 1.89. The van der Waals surface area contributed by atoms with Crippen molar-refractivity contribution in [2.75, 3.05) is 26.7 Å². The summed E-state index contributed by atoms with van der Waals surface area (Å²) in [7, 11) is 1.89. The van der Waals surface area contributed by atoms with E-state index in [-0.39, 0.29) is 24.0 Å². The van der Waals surface area contributed by atoms with Gasteiger partial charge < -0.3 is 10.2 Å². The molecular formula is C15H32IN3. The molecule has 1 rings (SSSR count). The molecule has 0 amide bonds. The van der Waals surface area contributed by atoms with E-state index in [4.69, 9.17) is 0 Å². The number of piperidine rings is 1. The van der Waals surface area contributed by atoms with Crippen LogP contribution in [-0.4, -0.2) is 37.5 Å². The van der Waals surface area contributed by atoms with Crippen molar-refractivity contribution in [2.45, 2.75) is 53.4 Å². The Hall–Kier alpha value is 0. The first-order valence-corrected chi connectivity index (χ1v) is 7.38. The van der Waals surface area contributed by atoms with Crippen LogP contribution >= 0.6 is 24.0 Å². The van der Waals surface area contributed by atoms with Crippen LogP contribution < -0.4 is 5.32 Å². The molecule has 0 saturated carbocycles. The third kappa shape index (κ3) is 8.00. The van der Waals surface area contributed by atoms with Crippen LogP contribution in [0.5, 0.6) is 0 Å². The lowest BCUT2D eigenvalue weighted by Gasteiger charge is -2.33. The minimum absolute atomic E-state index is 0. The van der Waals surface area contributed by atoms with Crippen LogP contribution in [0.25, 0.3) is 0 Å². The molecule has 3 nitrogen and oxygen atoms in total. The van der Waals surface area contributed by atoms with E-state index < -0.39 is 0 Å². The minimum Gasteiger partial charge on any atom is -0.356 e. The zero-order valence-electron chi connectivity index (χ0n) is 13.3. The monoisotopic (exact) mass is 381 g/mol. The number of rotatable bonds is 3. The second-order valence-electron chi connectivity index (χ2n) is 6.83. The third-order valence-electron chi connectivity index (χ3n) is 3.56. The maximum atomic E-state index is 4.41. The van der Waals surface area contributed by atoms with E-state index in [1.54, 1.807) is 0 Å². The van der Waals surface area contributed by atoms with E-state index in [1.807, 2.05) is 7.05 Å². The van der Waals surface area contributed by atoms with Crippen molar-refractivity contribution < 1.29 is 0 Å². The fraction of sp³-hybridized carbons (Fsp3) is 0.933. The van der Waals surface area contributed by atoms with Gasteiger partial charge in [-0.1, -0.05) is 27.7 Å². The predicted octanol–water partition coefficient (Wildman–Crippen LogP) is 3.74. The lowest BCUT2D eigenvalue weighted by atomic mass is 9.91. The summed E-state index contributed by atoms with van der Waals surface area (Å²) >= 11 is 0. The summed E-state index contributed by atoms with van der Waals surface area (Å²) in [6.07, 6.45) is 5.13. The Balaban J connectivity index is 0.00000324. The smallest absolute Gasteiger partial charge is 0.193 e. The number of aliphatic imine (C=N–C) groups is 1. The van der Waals surface area contributed by atoms with Crippen molar-refractivity contribution in [1.29, 1.82) is 0 Å². The van der Waals surface area contributed by atoms with Crippen molar-refractivity contribution in [3.8, 4) is 0 Å². The molecule has 1 aliphatic heterocycles. The highest BCUT2D eigenvalue weighted by molar-refractivity contribution is 14.0. The molecule has 0 aromatic carbocycles. The molecule has 4 heteroatoms. The Kier molecular flexibility index (Phi) is 9.03. The van der Waals surface area contributed by atoms with Gasteiger partial charge in [-0.15, -0.1) is 24.0 Å². The largest absolute Gasteiger partial charge is 0.356 e. The quantitative estimate of drug-likeness (QED) is 0.349. The fourth-order valence-corrected chi connectivity index (χ4v) is 2.53. The van der Waals surface area contributed by atoms with Gasteiger partial charge in [0.1, 0.15) is 0 Å². The Labute approximate surface area is 136 Å². The summed E-state index contributed by atoms with van der Waals surface area (Å²) in [6, 6.07) is 0. The molecule has 19 heavy (non-hydrogen) atoms. The van der Waals surface area contributed by atoms with Crippen molar-refractivity contribution in [3.05, 3.63) is 0 Å². The zero-order valence-corrected chi connectivity index (χ0v) is 15.7. The summed E-state index contributed by atoms with van der Waals surface area (Å²) < 4.78 is 0. The Morgan fingerprint density at radius 2 is 2.05 bits per heavy atom. The zero-order chi connectivity index (χ0) is 13.6. The van der Waals surface area contributed by atoms with E-state index in [9.17, 15) is 0 Å². The average molecular weight is 381 g/mol. The summed E-state index contributed by atoms with van der Waals surface area (Å²) in [4.78, 5) is 6.82. The van der Waals surface area contributed by atoms with Crippen LogP contribution in [0, 0.1) is 11.3 Å². The molecule has 1 N–H and O–H groups in total. The topological polar surface area (TPSA) is 27.6 Å². The molecule has 0 spiro atoms. The Bertz CT molecular complexity index is 271. The van der Waals surface area contributed by atoms with Gasteiger partial charge in [-0.3, -0.25) is 4.99 Å².